The zero-order valence-corrected chi connectivity index (χ0v) is 15.3. The summed E-state index contributed by atoms with van der Waals surface area (Å²) in [7, 11) is 1.30. The maximum Gasteiger partial charge on any atom is 0.416 e. The molecule has 0 N–H and O–H groups in total. The van der Waals surface area contributed by atoms with Crippen molar-refractivity contribution in [2.45, 2.75) is 19.1 Å². The van der Waals surface area contributed by atoms with Crippen LogP contribution in [0.3, 0.4) is 0 Å². The Labute approximate surface area is 163 Å². The van der Waals surface area contributed by atoms with E-state index in [1.807, 2.05) is 6.08 Å². The van der Waals surface area contributed by atoms with Crippen LogP contribution in [0.1, 0.15) is 33.7 Å². The summed E-state index contributed by atoms with van der Waals surface area (Å²) < 4.78 is 45.2. The minimum atomic E-state index is -4.51. The van der Waals surface area contributed by atoms with Crippen LogP contribution in [0.15, 0.2) is 47.3 Å². The number of ether oxygens (including phenoxy) is 1. The molecule has 1 aliphatic rings. The van der Waals surface area contributed by atoms with Gasteiger partial charge >= 0.3 is 12.1 Å². The minimum absolute atomic E-state index is 0.0184. The summed E-state index contributed by atoms with van der Waals surface area (Å²) in [6, 6.07) is 9.65. The number of alkyl halides is 3. The van der Waals surface area contributed by atoms with Gasteiger partial charge in [0.2, 0.25) is 0 Å². The van der Waals surface area contributed by atoms with Crippen molar-refractivity contribution in [1.29, 1.82) is 0 Å². The number of fused-ring (bicyclic) bond motifs is 2. The Hall–Kier alpha value is -3.42. The number of methoxy groups -OCH3 is 1. The number of benzene rings is 2. The van der Waals surface area contributed by atoms with Crippen molar-refractivity contribution in [3.8, 4) is 0 Å². The molecule has 0 atom stereocenters. The van der Waals surface area contributed by atoms with Gasteiger partial charge in [-0.2, -0.15) is 13.2 Å². The Bertz CT molecular complexity index is 1210. The predicted octanol–water partition coefficient (Wildman–Crippen LogP) is 4.15. The van der Waals surface area contributed by atoms with Crippen LogP contribution in [0.5, 0.6) is 0 Å². The van der Waals surface area contributed by atoms with Crippen LogP contribution in [-0.4, -0.2) is 22.6 Å². The monoisotopic (exact) mass is 400 g/mol. The number of halogens is 3. The van der Waals surface area contributed by atoms with E-state index in [4.69, 9.17) is 0 Å². The van der Waals surface area contributed by atoms with E-state index in [-0.39, 0.29) is 16.5 Å². The van der Waals surface area contributed by atoms with E-state index in [9.17, 15) is 22.8 Å². The molecule has 2 heterocycles. The van der Waals surface area contributed by atoms with Crippen molar-refractivity contribution in [2.24, 2.45) is 0 Å². The second kappa shape index (κ2) is 6.88. The van der Waals surface area contributed by atoms with Crippen molar-refractivity contribution in [3.63, 3.8) is 0 Å². The molecule has 8 heteroatoms. The van der Waals surface area contributed by atoms with Crippen molar-refractivity contribution in [3.05, 3.63) is 75.3 Å². The van der Waals surface area contributed by atoms with E-state index in [0.29, 0.717) is 24.4 Å². The first-order valence-electron chi connectivity index (χ1n) is 8.79. The number of hydrogen-bond acceptors (Lipinski definition) is 4. The van der Waals surface area contributed by atoms with Crippen LogP contribution in [0.4, 0.5) is 13.2 Å². The first-order valence-corrected chi connectivity index (χ1v) is 8.79. The lowest BCUT2D eigenvalue weighted by atomic mass is 10.1. The molecule has 1 aromatic heterocycles. The third-order valence-corrected chi connectivity index (χ3v) is 4.85. The second-order valence-electron chi connectivity index (χ2n) is 6.66. The molecule has 0 unspecified atom stereocenters. The SMILES string of the molecule is COC(=O)c1ccc(/C=C2\CCn3c2nc2cc(C(F)(F)F)ccc2c3=O)cc1. The van der Waals surface area contributed by atoms with Gasteiger partial charge in [-0.25, -0.2) is 9.78 Å². The summed E-state index contributed by atoms with van der Waals surface area (Å²) in [6.07, 6.45) is -2.17. The average Bonchev–Trinajstić information content (AvgIpc) is 3.10. The average molecular weight is 400 g/mol. The number of esters is 1. The first-order chi connectivity index (χ1) is 13.8. The van der Waals surface area contributed by atoms with Crippen molar-refractivity contribution in [2.75, 3.05) is 7.11 Å². The van der Waals surface area contributed by atoms with Crippen LogP contribution < -0.4 is 5.56 Å². The number of carbonyl (C=O) groups is 1. The summed E-state index contributed by atoms with van der Waals surface area (Å²) in [6.45, 7) is 0.407. The molecule has 0 bridgehead atoms. The largest absolute Gasteiger partial charge is 0.465 e. The summed E-state index contributed by atoms with van der Waals surface area (Å²) in [5, 5.41) is 0.158. The molecule has 0 saturated heterocycles. The van der Waals surface area contributed by atoms with Crippen LogP contribution >= 0.6 is 0 Å². The van der Waals surface area contributed by atoms with Gasteiger partial charge in [-0.15, -0.1) is 0 Å². The highest BCUT2D eigenvalue weighted by molar-refractivity contribution is 5.90. The fourth-order valence-electron chi connectivity index (χ4n) is 3.37. The maximum atomic E-state index is 13.0. The fraction of sp³-hybridized carbons (Fsp3) is 0.190. The number of nitrogens with zero attached hydrogens (tertiary/aromatic N) is 2. The lowest BCUT2D eigenvalue weighted by Crippen LogP contribution is -2.21. The topological polar surface area (TPSA) is 61.2 Å². The molecule has 0 radical (unpaired) electrons. The van der Waals surface area contributed by atoms with Gasteiger partial charge in [0, 0.05) is 6.54 Å². The van der Waals surface area contributed by atoms with Gasteiger partial charge in [0.05, 0.1) is 29.1 Å². The quantitative estimate of drug-likeness (QED) is 0.607. The van der Waals surface area contributed by atoms with E-state index >= 15 is 0 Å². The van der Waals surface area contributed by atoms with Crippen molar-refractivity contribution < 1.29 is 22.7 Å². The molecule has 148 valence electrons. The van der Waals surface area contributed by atoms with E-state index in [0.717, 1.165) is 23.3 Å². The Morgan fingerprint density at radius 3 is 2.55 bits per heavy atom. The smallest absolute Gasteiger partial charge is 0.416 e. The summed E-state index contributed by atoms with van der Waals surface area (Å²) in [4.78, 5) is 28.6. The van der Waals surface area contributed by atoms with E-state index in [2.05, 4.69) is 9.72 Å². The second-order valence-corrected chi connectivity index (χ2v) is 6.66. The molecular formula is C21H15F3N2O3. The molecule has 2 aromatic carbocycles. The molecule has 3 aromatic rings. The molecule has 0 spiro atoms. The standard InChI is InChI=1S/C21H15F3N2O3/c1-29-20(28)13-4-2-12(3-5-13)10-14-8-9-26-18(14)25-17-11-15(21(22,23)24)6-7-16(17)19(26)27/h2-7,10-11H,8-9H2,1H3/b14-10+. The zero-order chi connectivity index (χ0) is 20.8. The summed E-state index contributed by atoms with van der Waals surface area (Å²) >= 11 is 0. The van der Waals surface area contributed by atoms with Gasteiger partial charge in [0.1, 0.15) is 5.82 Å². The number of carbonyl (C=O) groups excluding carboxylic acids is 1. The van der Waals surface area contributed by atoms with Gasteiger partial charge in [0.15, 0.2) is 0 Å². The normalized spacial score (nSPS) is 15.0. The summed E-state index contributed by atoms with van der Waals surface area (Å²) in [5.41, 5.74) is 0.741. The van der Waals surface area contributed by atoms with E-state index in [1.165, 1.54) is 17.7 Å². The Morgan fingerprint density at radius 1 is 1.17 bits per heavy atom. The van der Waals surface area contributed by atoms with Crippen molar-refractivity contribution in [1.82, 2.24) is 9.55 Å². The predicted molar refractivity (Wildman–Crippen MR) is 101 cm³/mol. The first kappa shape index (κ1) is 18.9. The molecule has 0 aliphatic carbocycles. The Balaban J connectivity index is 1.78. The van der Waals surface area contributed by atoms with Crippen LogP contribution in [0.2, 0.25) is 0 Å². The van der Waals surface area contributed by atoms with E-state index < -0.39 is 17.7 Å². The molecule has 4 rings (SSSR count). The highest BCUT2D eigenvalue weighted by Crippen LogP contribution is 2.32. The van der Waals surface area contributed by atoms with Crippen LogP contribution in [0, 0.1) is 0 Å². The van der Waals surface area contributed by atoms with Gasteiger partial charge in [0.25, 0.3) is 5.56 Å². The lowest BCUT2D eigenvalue weighted by molar-refractivity contribution is -0.137. The minimum Gasteiger partial charge on any atom is -0.465 e. The third kappa shape index (κ3) is 3.41. The molecule has 5 nitrogen and oxygen atoms in total. The van der Waals surface area contributed by atoms with Crippen LogP contribution in [-0.2, 0) is 17.5 Å². The number of rotatable bonds is 2. The molecular weight excluding hydrogens is 385 g/mol. The molecule has 29 heavy (non-hydrogen) atoms. The maximum absolute atomic E-state index is 13.0. The number of aromatic nitrogens is 2. The molecule has 1 aliphatic heterocycles. The van der Waals surface area contributed by atoms with Crippen LogP contribution in [0.25, 0.3) is 22.6 Å². The van der Waals surface area contributed by atoms with Gasteiger partial charge < -0.3 is 4.74 Å². The van der Waals surface area contributed by atoms with E-state index in [1.54, 1.807) is 24.3 Å². The van der Waals surface area contributed by atoms with Gasteiger partial charge in [-0.1, -0.05) is 12.1 Å². The highest BCUT2D eigenvalue weighted by Gasteiger charge is 2.31. The number of hydrogen-bond donors (Lipinski definition) is 0. The summed E-state index contributed by atoms with van der Waals surface area (Å²) in [5.74, 6) is -0.0885. The molecule has 0 amide bonds. The van der Waals surface area contributed by atoms with Crippen molar-refractivity contribution >= 4 is 28.5 Å². The third-order valence-electron chi connectivity index (χ3n) is 4.85. The Morgan fingerprint density at radius 2 is 1.90 bits per heavy atom. The molecule has 0 fully saturated rings. The van der Waals surface area contributed by atoms with Gasteiger partial charge in [-0.05, 0) is 54.0 Å². The lowest BCUT2D eigenvalue weighted by Gasteiger charge is -2.09. The highest BCUT2D eigenvalue weighted by atomic mass is 19.4. The number of allylic oxidation sites excluding steroid dienone is 1. The molecule has 0 saturated carbocycles. The van der Waals surface area contributed by atoms with Gasteiger partial charge in [-0.3, -0.25) is 9.36 Å². The zero-order valence-electron chi connectivity index (χ0n) is 15.3. The Kier molecular flexibility index (Phi) is 4.49. The fourth-order valence-corrected chi connectivity index (χ4v) is 3.37.